The predicted octanol–water partition coefficient (Wildman–Crippen LogP) is 1.61. The molecule has 0 aromatic heterocycles. The van der Waals surface area contributed by atoms with Gasteiger partial charge in [-0.15, -0.1) is 0 Å². The Morgan fingerprint density at radius 2 is 1.88 bits per heavy atom. The largest absolute Gasteiger partial charge is 0.380 e. The number of hydrogen-bond acceptors (Lipinski definition) is 3. The molecular weight excluding hydrogens is 200 g/mol. The minimum Gasteiger partial charge on any atom is -0.380 e. The van der Waals surface area contributed by atoms with Crippen LogP contribution in [0.1, 0.15) is 39.5 Å². The number of piperidine rings is 1. The van der Waals surface area contributed by atoms with Crippen molar-refractivity contribution in [3.05, 3.63) is 0 Å². The van der Waals surface area contributed by atoms with Gasteiger partial charge in [0.1, 0.15) is 0 Å². The van der Waals surface area contributed by atoms with Crippen molar-refractivity contribution >= 4 is 0 Å². The smallest absolute Gasteiger partial charge is 0.0593 e. The van der Waals surface area contributed by atoms with Crippen molar-refractivity contribution in [2.45, 2.75) is 57.7 Å². The Balaban J connectivity index is 1.70. The molecule has 2 heterocycles. The maximum atomic E-state index is 6.05. The predicted molar refractivity (Wildman–Crippen MR) is 66.4 cm³/mol. The fourth-order valence-electron chi connectivity index (χ4n) is 3.17. The van der Waals surface area contributed by atoms with E-state index in [1.165, 1.54) is 25.7 Å². The number of ether oxygens (including phenoxy) is 1. The SMILES string of the molecule is CC(C)COCCN1C2CCC1CC(N)C2. The molecule has 0 radical (unpaired) electrons. The van der Waals surface area contributed by atoms with E-state index in [9.17, 15) is 0 Å². The van der Waals surface area contributed by atoms with Gasteiger partial charge in [-0.25, -0.2) is 0 Å². The highest BCUT2D eigenvalue weighted by Gasteiger charge is 2.38. The van der Waals surface area contributed by atoms with Crippen molar-refractivity contribution in [3.8, 4) is 0 Å². The zero-order valence-electron chi connectivity index (χ0n) is 10.7. The summed E-state index contributed by atoms with van der Waals surface area (Å²) in [6, 6.07) is 1.94. The maximum Gasteiger partial charge on any atom is 0.0593 e. The van der Waals surface area contributed by atoms with Crippen LogP contribution in [0.25, 0.3) is 0 Å². The summed E-state index contributed by atoms with van der Waals surface area (Å²) in [6.45, 7) is 7.28. The summed E-state index contributed by atoms with van der Waals surface area (Å²) in [5.41, 5.74) is 6.05. The zero-order chi connectivity index (χ0) is 11.5. The first-order chi connectivity index (χ1) is 7.66. The summed E-state index contributed by atoms with van der Waals surface area (Å²) in [4.78, 5) is 2.64. The van der Waals surface area contributed by atoms with Gasteiger partial charge in [0.05, 0.1) is 6.61 Å². The van der Waals surface area contributed by atoms with Crippen molar-refractivity contribution in [1.29, 1.82) is 0 Å². The Labute approximate surface area is 99.3 Å². The Hall–Kier alpha value is -0.120. The first-order valence-corrected chi connectivity index (χ1v) is 6.76. The van der Waals surface area contributed by atoms with Crippen LogP contribution in [0, 0.1) is 5.92 Å². The van der Waals surface area contributed by atoms with Crippen LogP contribution in [0.2, 0.25) is 0 Å². The van der Waals surface area contributed by atoms with Crippen molar-refractivity contribution in [3.63, 3.8) is 0 Å². The van der Waals surface area contributed by atoms with Crippen LogP contribution < -0.4 is 5.73 Å². The molecule has 2 N–H and O–H groups in total. The molecule has 16 heavy (non-hydrogen) atoms. The third-order valence-corrected chi connectivity index (χ3v) is 3.87. The average molecular weight is 226 g/mol. The number of nitrogens with zero attached hydrogens (tertiary/aromatic N) is 1. The second kappa shape index (κ2) is 5.48. The second-order valence-corrected chi connectivity index (χ2v) is 5.82. The van der Waals surface area contributed by atoms with Crippen molar-refractivity contribution in [1.82, 2.24) is 4.90 Å². The normalized spacial score (nSPS) is 34.9. The molecule has 2 rings (SSSR count). The Morgan fingerprint density at radius 1 is 1.25 bits per heavy atom. The third kappa shape index (κ3) is 2.96. The monoisotopic (exact) mass is 226 g/mol. The van der Waals surface area contributed by atoms with Crippen LogP contribution in [-0.2, 0) is 4.74 Å². The van der Waals surface area contributed by atoms with Crippen LogP contribution in [0.15, 0.2) is 0 Å². The molecule has 0 spiro atoms. The number of nitrogens with two attached hydrogens (primary N) is 1. The van der Waals surface area contributed by atoms with E-state index in [1.54, 1.807) is 0 Å². The third-order valence-electron chi connectivity index (χ3n) is 3.87. The van der Waals surface area contributed by atoms with E-state index in [-0.39, 0.29) is 0 Å². The Morgan fingerprint density at radius 3 is 2.44 bits per heavy atom. The molecule has 2 saturated heterocycles. The van der Waals surface area contributed by atoms with E-state index in [1.807, 2.05) is 0 Å². The summed E-state index contributed by atoms with van der Waals surface area (Å²) in [7, 11) is 0. The molecular formula is C13H26N2O. The van der Waals surface area contributed by atoms with Crippen molar-refractivity contribution in [2.75, 3.05) is 19.8 Å². The van der Waals surface area contributed by atoms with Gasteiger partial charge < -0.3 is 10.5 Å². The lowest BCUT2D eigenvalue weighted by molar-refractivity contribution is 0.0529. The molecule has 0 saturated carbocycles. The molecule has 2 atom stereocenters. The number of hydrogen-bond donors (Lipinski definition) is 1. The molecule has 2 bridgehead atoms. The van der Waals surface area contributed by atoms with Crippen LogP contribution in [0.3, 0.4) is 0 Å². The van der Waals surface area contributed by atoms with Gasteiger partial charge in [0, 0.05) is 31.3 Å². The molecule has 0 aromatic carbocycles. The molecule has 2 aliphatic heterocycles. The molecule has 0 aliphatic carbocycles. The first-order valence-electron chi connectivity index (χ1n) is 6.76. The van der Waals surface area contributed by atoms with Crippen LogP contribution >= 0.6 is 0 Å². The topological polar surface area (TPSA) is 38.5 Å². The van der Waals surface area contributed by atoms with Crippen molar-refractivity contribution < 1.29 is 4.74 Å². The van der Waals surface area contributed by atoms with Gasteiger partial charge >= 0.3 is 0 Å². The van der Waals surface area contributed by atoms with E-state index in [2.05, 4.69) is 18.7 Å². The summed E-state index contributed by atoms with van der Waals surface area (Å²) in [5.74, 6) is 0.645. The van der Waals surface area contributed by atoms with Gasteiger partial charge in [-0.2, -0.15) is 0 Å². The quantitative estimate of drug-likeness (QED) is 0.724. The van der Waals surface area contributed by atoms with E-state index >= 15 is 0 Å². The Kier molecular flexibility index (Phi) is 4.22. The van der Waals surface area contributed by atoms with E-state index in [4.69, 9.17) is 10.5 Å². The molecule has 0 amide bonds. The van der Waals surface area contributed by atoms with Gasteiger partial charge in [-0.05, 0) is 31.6 Å². The first kappa shape index (κ1) is 12.3. The number of fused-ring (bicyclic) bond motifs is 2. The second-order valence-electron chi connectivity index (χ2n) is 5.82. The average Bonchev–Trinajstić information content (AvgIpc) is 2.45. The van der Waals surface area contributed by atoms with E-state index in [0.717, 1.165) is 31.8 Å². The molecule has 2 unspecified atom stereocenters. The van der Waals surface area contributed by atoms with Gasteiger partial charge in [0.25, 0.3) is 0 Å². The summed E-state index contributed by atoms with van der Waals surface area (Å²) >= 11 is 0. The summed E-state index contributed by atoms with van der Waals surface area (Å²) < 4.78 is 5.68. The maximum absolute atomic E-state index is 6.05. The lowest BCUT2D eigenvalue weighted by Gasteiger charge is -2.37. The molecule has 94 valence electrons. The van der Waals surface area contributed by atoms with Crippen molar-refractivity contribution in [2.24, 2.45) is 11.7 Å². The van der Waals surface area contributed by atoms with E-state index < -0.39 is 0 Å². The molecule has 3 heteroatoms. The fourth-order valence-corrected chi connectivity index (χ4v) is 3.17. The van der Waals surface area contributed by atoms with Crippen LogP contribution in [0.5, 0.6) is 0 Å². The highest BCUT2D eigenvalue weighted by molar-refractivity contribution is 4.96. The minimum atomic E-state index is 0.449. The highest BCUT2D eigenvalue weighted by atomic mass is 16.5. The van der Waals surface area contributed by atoms with Crippen LogP contribution in [-0.4, -0.2) is 42.8 Å². The van der Waals surface area contributed by atoms with Crippen LogP contribution in [0.4, 0.5) is 0 Å². The summed E-state index contributed by atoms with van der Waals surface area (Å²) in [5, 5.41) is 0. The zero-order valence-corrected chi connectivity index (χ0v) is 10.7. The minimum absolute atomic E-state index is 0.449. The molecule has 0 aromatic rings. The van der Waals surface area contributed by atoms with Gasteiger partial charge in [0.15, 0.2) is 0 Å². The standard InChI is InChI=1S/C13H26N2O/c1-10(2)9-16-6-5-15-12-3-4-13(15)8-11(14)7-12/h10-13H,3-9,14H2,1-2H3. The van der Waals surface area contributed by atoms with Gasteiger partial charge in [-0.3, -0.25) is 4.90 Å². The summed E-state index contributed by atoms with van der Waals surface area (Å²) in [6.07, 6.45) is 5.09. The lowest BCUT2D eigenvalue weighted by atomic mass is 9.98. The molecule has 3 nitrogen and oxygen atoms in total. The molecule has 2 fully saturated rings. The lowest BCUT2D eigenvalue weighted by Crippen LogP contribution is -2.48. The highest BCUT2D eigenvalue weighted by Crippen LogP contribution is 2.34. The Bertz CT molecular complexity index is 206. The van der Waals surface area contributed by atoms with Gasteiger partial charge in [0.2, 0.25) is 0 Å². The van der Waals surface area contributed by atoms with Gasteiger partial charge in [-0.1, -0.05) is 13.8 Å². The molecule has 2 aliphatic rings. The van der Waals surface area contributed by atoms with E-state index in [0.29, 0.717) is 12.0 Å². The fraction of sp³-hybridized carbons (Fsp3) is 1.00. The number of rotatable bonds is 5.